The lowest BCUT2D eigenvalue weighted by atomic mass is 10.1. The fourth-order valence-corrected chi connectivity index (χ4v) is 1.39. The third kappa shape index (κ3) is 2.71. The molecule has 0 amide bonds. The summed E-state index contributed by atoms with van der Waals surface area (Å²) in [6.07, 6.45) is 1.02. The Hall–Kier alpha value is -2.68. The molecule has 1 aromatic carbocycles. The van der Waals surface area contributed by atoms with E-state index in [4.69, 9.17) is 11.0 Å². The van der Waals surface area contributed by atoms with E-state index in [1.165, 1.54) is 0 Å². The number of aromatic nitrogens is 2. The quantitative estimate of drug-likeness (QED) is 0.856. The van der Waals surface area contributed by atoms with Gasteiger partial charge >= 0.3 is 0 Å². The first kappa shape index (κ1) is 11.8. The molecule has 0 spiro atoms. The summed E-state index contributed by atoms with van der Waals surface area (Å²) in [7, 11) is 0. The number of benzene rings is 1. The minimum Gasteiger partial charge on any atom is -0.368 e. The normalized spacial score (nSPS) is 9.78. The van der Waals surface area contributed by atoms with E-state index in [1.54, 1.807) is 24.3 Å². The molecule has 1 aromatic heterocycles. The van der Waals surface area contributed by atoms with E-state index in [0.29, 0.717) is 12.1 Å². The number of anilines is 2. The summed E-state index contributed by atoms with van der Waals surface area (Å²) in [5.41, 5.74) is 6.86. The summed E-state index contributed by atoms with van der Waals surface area (Å²) in [4.78, 5) is 7.28. The highest BCUT2D eigenvalue weighted by Gasteiger charge is 2.04. The Balaban J connectivity index is 2.07. The minimum atomic E-state index is -0.558. The van der Waals surface area contributed by atoms with E-state index in [2.05, 4.69) is 15.3 Å². The minimum absolute atomic E-state index is 0.0127. The predicted octanol–water partition coefficient (Wildman–Crippen LogP) is 1.68. The van der Waals surface area contributed by atoms with Gasteiger partial charge in [0.05, 0.1) is 17.8 Å². The van der Waals surface area contributed by atoms with E-state index in [9.17, 15) is 4.39 Å². The van der Waals surface area contributed by atoms with Crippen molar-refractivity contribution in [1.82, 2.24) is 9.97 Å². The topological polar surface area (TPSA) is 87.6 Å². The van der Waals surface area contributed by atoms with Crippen LogP contribution in [0.25, 0.3) is 0 Å². The summed E-state index contributed by atoms with van der Waals surface area (Å²) in [6, 6.07) is 8.99. The molecule has 0 radical (unpaired) electrons. The maximum atomic E-state index is 13.3. The Morgan fingerprint density at radius 3 is 2.72 bits per heavy atom. The second-order valence-electron chi connectivity index (χ2n) is 3.59. The zero-order valence-electron chi connectivity index (χ0n) is 9.39. The van der Waals surface area contributed by atoms with Gasteiger partial charge in [-0.3, -0.25) is 0 Å². The molecular weight excluding hydrogens is 233 g/mol. The van der Waals surface area contributed by atoms with Gasteiger partial charge in [0.2, 0.25) is 5.95 Å². The molecule has 0 atom stereocenters. The number of nitrogens with one attached hydrogen (secondary N) is 1. The van der Waals surface area contributed by atoms with Gasteiger partial charge in [-0.2, -0.15) is 10.2 Å². The maximum absolute atomic E-state index is 13.3. The van der Waals surface area contributed by atoms with E-state index in [0.717, 1.165) is 11.8 Å². The van der Waals surface area contributed by atoms with Gasteiger partial charge in [0.15, 0.2) is 11.6 Å². The zero-order valence-corrected chi connectivity index (χ0v) is 9.39. The van der Waals surface area contributed by atoms with E-state index < -0.39 is 5.82 Å². The molecule has 0 aliphatic heterocycles. The second-order valence-corrected chi connectivity index (χ2v) is 3.59. The van der Waals surface area contributed by atoms with Crippen molar-refractivity contribution in [2.24, 2.45) is 0 Å². The monoisotopic (exact) mass is 243 g/mol. The molecule has 6 heteroatoms. The Kier molecular flexibility index (Phi) is 3.34. The van der Waals surface area contributed by atoms with Crippen molar-refractivity contribution >= 4 is 11.8 Å². The lowest BCUT2D eigenvalue weighted by Gasteiger charge is -2.06. The van der Waals surface area contributed by atoms with Crippen molar-refractivity contribution in [2.75, 3.05) is 11.1 Å². The molecule has 2 rings (SSSR count). The van der Waals surface area contributed by atoms with Crippen LogP contribution in [0.15, 0.2) is 30.5 Å². The lowest BCUT2D eigenvalue weighted by Crippen LogP contribution is -2.06. The van der Waals surface area contributed by atoms with Crippen LogP contribution in [0.3, 0.4) is 0 Å². The number of nitriles is 1. The highest BCUT2D eigenvalue weighted by Crippen LogP contribution is 2.12. The van der Waals surface area contributed by atoms with Crippen molar-refractivity contribution in [1.29, 1.82) is 5.26 Å². The van der Waals surface area contributed by atoms with Crippen LogP contribution in [0.1, 0.15) is 11.1 Å². The number of nitrogens with two attached hydrogens (primary N) is 1. The first-order chi connectivity index (χ1) is 8.69. The Morgan fingerprint density at radius 1 is 1.33 bits per heavy atom. The Morgan fingerprint density at radius 2 is 2.06 bits per heavy atom. The van der Waals surface area contributed by atoms with Crippen LogP contribution in [-0.2, 0) is 6.54 Å². The first-order valence-electron chi connectivity index (χ1n) is 5.20. The van der Waals surface area contributed by atoms with Crippen LogP contribution in [0.5, 0.6) is 0 Å². The second kappa shape index (κ2) is 5.10. The molecule has 0 unspecified atom stereocenters. The smallest absolute Gasteiger partial charge is 0.222 e. The van der Waals surface area contributed by atoms with E-state index in [1.807, 2.05) is 6.07 Å². The number of rotatable bonds is 3. The third-order valence-electron chi connectivity index (χ3n) is 2.31. The molecule has 2 aromatic rings. The molecule has 3 N–H and O–H groups in total. The zero-order chi connectivity index (χ0) is 13.0. The van der Waals surface area contributed by atoms with Crippen molar-refractivity contribution in [3.63, 3.8) is 0 Å². The molecule has 1 heterocycles. The third-order valence-corrected chi connectivity index (χ3v) is 2.31. The highest BCUT2D eigenvalue weighted by molar-refractivity contribution is 5.40. The van der Waals surface area contributed by atoms with Gasteiger partial charge < -0.3 is 11.1 Å². The van der Waals surface area contributed by atoms with Gasteiger partial charge in [0, 0.05) is 6.54 Å². The molecule has 0 aliphatic carbocycles. The summed E-state index contributed by atoms with van der Waals surface area (Å²) < 4.78 is 13.3. The highest BCUT2D eigenvalue weighted by atomic mass is 19.1. The molecule has 0 bridgehead atoms. The Labute approximate surface area is 103 Å². The molecule has 0 saturated carbocycles. The largest absolute Gasteiger partial charge is 0.368 e. The molecule has 0 fully saturated rings. The number of halogens is 1. The number of hydrogen-bond donors (Lipinski definition) is 2. The molecule has 18 heavy (non-hydrogen) atoms. The summed E-state index contributed by atoms with van der Waals surface area (Å²) >= 11 is 0. The number of nitrogens with zero attached hydrogens (tertiary/aromatic N) is 3. The first-order valence-corrected chi connectivity index (χ1v) is 5.20. The summed E-state index contributed by atoms with van der Waals surface area (Å²) in [6.45, 7) is 0.388. The molecule has 5 nitrogen and oxygen atoms in total. The summed E-state index contributed by atoms with van der Waals surface area (Å²) in [5.74, 6) is -0.483. The van der Waals surface area contributed by atoms with Gasteiger partial charge in [-0.15, -0.1) is 0 Å². The maximum Gasteiger partial charge on any atom is 0.222 e. The molecule has 90 valence electrons. The van der Waals surface area contributed by atoms with Gasteiger partial charge in [-0.25, -0.2) is 9.37 Å². The van der Waals surface area contributed by atoms with Gasteiger partial charge in [-0.1, -0.05) is 12.1 Å². The SMILES string of the molecule is N#Cc1ccc(CNc2nc(N)ncc2F)cc1. The van der Waals surface area contributed by atoms with Crippen LogP contribution < -0.4 is 11.1 Å². The van der Waals surface area contributed by atoms with Crippen molar-refractivity contribution < 1.29 is 4.39 Å². The summed E-state index contributed by atoms with van der Waals surface area (Å²) in [5, 5.41) is 11.5. The number of hydrogen-bond acceptors (Lipinski definition) is 5. The van der Waals surface area contributed by atoms with Gasteiger partial charge in [0.1, 0.15) is 0 Å². The van der Waals surface area contributed by atoms with Crippen LogP contribution in [0.2, 0.25) is 0 Å². The van der Waals surface area contributed by atoms with Crippen LogP contribution >= 0.6 is 0 Å². The standard InChI is InChI=1S/C12H10FN5/c13-10-7-17-12(15)18-11(10)16-6-9-3-1-8(5-14)2-4-9/h1-4,7H,6H2,(H3,15,16,17,18). The van der Waals surface area contributed by atoms with Crippen LogP contribution in [-0.4, -0.2) is 9.97 Å². The Bertz CT molecular complexity index is 588. The molecule has 0 saturated heterocycles. The fraction of sp³-hybridized carbons (Fsp3) is 0.0833. The van der Waals surface area contributed by atoms with Gasteiger partial charge in [0.25, 0.3) is 0 Å². The average Bonchev–Trinajstić information content (AvgIpc) is 2.40. The number of nitrogen functional groups attached to an aromatic ring is 1. The molecular formula is C12H10FN5. The van der Waals surface area contributed by atoms with Crippen molar-refractivity contribution in [3.05, 3.63) is 47.4 Å². The lowest BCUT2D eigenvalue weighted by molar-refractivity contribution is 0.617. The van der Waals surface area contributed by atoms with Crippen molar-refractivity contribution in [2.45, 2.75) is 6.54 Å². The fourth-order valence-electron chi connectivity index (χ4n) is 1.39. The molecule has 0 aliphatic rings. The van der Waals surface area contributed by atoms with Gasteiger partial charge in [-0.05, 0) is 17.7 Å². The predicted molar refractivity (Wildman–Crippen MR) is 64.9 cm³/mol. The van der Waals surface area contributed by atoms with E-state index in [-0.39, 0.29) is 11.8 Å². The van der Waals surface area contributed by atoms with E-state index >= 15 is 0 Å². The average molecular weight is 243 g/mol. The van der Waals surface area contributed by atoms with Crippen LogP contribution in [0, 0.1) is 17.1 Å². The van der Waals surface area contributed by atoms with Crippen LogP contribution in [0.4, 0.5) is 16.2 Å². The van der Waals surface area contributed by atoms with Crippen molar-refractivity contribution in [3.8, 4) is 6.07 Å².